The summed E-state index contributed by atoms with van der Waals surface area (Å²) in [6, 6.07) is 7.97. The Morgan fingerprint density at radius 2 is 1.84 bits per heavy atom. The van der Waals surface area contributed by atoms with Crippen LogP contribution in [0, 0.1) is 5.41 Å². The largest absolute Gasteiger partial charge is 0.493 e. The summed E-state index contributed by atoms with van der Waals surface area (Å²) in [6.07, 6.45) is 7.03. The third kappa shape index (κ3) is 4.38. The Bertz CT molecular complexity index is 622. The SMILES string of the molecule is CCN1C(=O)SC(Cc2ccc(OCC3(C)CCCCC3)cc2)C1=O. The maximum Gasteiger partial charge on any atom is 0.289 e. The average molecular weight is 362 g/mol. The van der Waals surface area contributed by atoms with Gasteiger partial charge in [-0.1, -0.05) is 50.1 Å². The van der Waals surface area contributed by atoms with Gasteiger partial charge in [-0.2, -0.15) is 0 Å². The highest BCUT2D eigenvalue weighted by atomic mass is 32.2. The van der Waals surface area contributed by atoms with Crippen molar-refractivity contribution in [1.82, 2.24) is 4.90 Å². The molecule has 1 aromatic carbocycles. The smallest absolute Gasteiger partial charge is 0.289 e. The van der Waals surface area contributed by atoms with E-state index in [0.29, 0.717) is 18.4 Å². The summed E-state index contributed by atoms with van der Waals surface area (Å²) in [5.74, 6) is 0.815. The molecule has 1 saturated heterocycles. The zero-order chi connectivity index (χ0) is 17.9. The van der Waals surface area contributed by atoms with Crippen molar-refractivity contribution >= 4 is 22.9 Å². The van der Waals surface area contributed by atoms with Crippen LogP contribution in [0.2, 0.25) is 0 Å². The van der Waals surface area contributed by atoms with Gasteiger partial charge in [-0.05, 0) is 43.9 Å². The monoisotopic (exact) mass is 361 g/mol. The number of carbonyl (C=O) groups excluding carboxylic acids is 2. The van der Waals surface area contributed by atoms with Gasteiger partial charge in [-0.25, -0.2) is 0 Å². The minimum Gasteiger partial charge on any atom is -0.493 e. The van der Waals surface area contributed by atoms with Crippen LogP contribution < -0.4 is 4.74 Å². The van der Waals surface area contributed by atoms with Crippen molar-refractivity contribution in [3.63, 3.8) is 0 Å². The van der Waals surface area contributed by atoms with Gasteiger partial charge in [0, 0.05) is 12.0 Å². The molecule has 3 rings (SSSR count). The fourth-order valence-corrected chi connectivity index (χ4v) is 4.75. The standard InChI is InChI=1S/C20H27NO3S/c1-3-21-18(22)17(25-19(21)23)13-15-7-9-16(10-8-15)24-14-20(2)11-5-4-6-12-20/h7-10,17H,3-6,11-14H2,1-2H3. The molecular formula is C20H27NO3S. The third-order valence-corrected chi connectivity index (χ3v) is 6.39. The quantitative estimate of drug-likeness (QED) is 0.739. The summed E-state index contributed by atoms with van der Waals surface area (Å²) >= 11 is 1.14. The highest BCUT2D eigenvalue weighted by Crippen LogP contribution is 2.36. The predicted octanol–water partition coefficient (Wildman–Crippen LogP) is 4.66. The van der Waals surface area contributed by atoms with Crippen LogP contribution in [0.25, 0.3) is 0 Å². The fourth-order valence-electron chi connectivity index (χ4n) is 3.66. The fraction of sp³-hybridized carbons (Fsp3) is 0.600. The summed E-state index contributed by atoms with van der Waals surface area (Å²) in [7, 11) is 0. The van der Waals surface area contributed by atoms with Crippen LogP contribution in [0.5, 0.6) is 5.75 Å². The van der Waals surface area contributed by atoms with Crippen LogP contribution in [0.3, 0.4) is 0 Å². The van der Waals surface area contributed by atoms with Gasteiger partial charge in [-0.3, -0.25) is 14.5 Å². The van der Waals surface area contributed by atoms with Crippen LogP contribution in [0.4, 0.5) is 4.79 Å². The molecular weight excluding hydrogens is 334 g/mol. The van der Waals surface area contributed by atoms with Crippen molar-refractivity contribution in [1.29, 1.82) is 0 Å². The van der Waals surface area contributed by atoms with E-state index in [4.69, 9.17) is 4.74 Å². The summed E-state index contributed by atoms with van der Waals surface area (Å²) in [6.45, 7) is 5.37. The highest BCUT2D eigenvalue weighted by molar-refractivity contribution is 8.15. The van der Waals surface area contributed by atoms with Crippen LogP contribution in [0.1, 0.15) is 51.5 Å². The van der Waals surface area contributed by atoms with Gasteiger partial charge in [0.1, 0.15) is 5.75 Å². The molecule has 1 saturated carbocycles. The molecule has 1 aliphatic heterocycles. The van der Waals surface area contributed by atoms with E-state index in [1.54, 1.807) is 0 Å². The van der Waals surface area contributed by atoms with Crippen LogP contribution in [0.15, 0.2) is 24.3 Å². The first-order valence-corrected chi connectivity index (χ1v) is 10.1. The van der Waals surface area contributed by atoms with Crippen molar-refractivity contribution in [2.24, 2.45) is 5.41 Å². The molecule has 1 aliphatic carbocycles. The van der Waals surface area contributed by atoms with Gasteiger partial charge in [0.15, 0.2) is 0 Å². The Balaban J connectivity index is 1.54. The molecule has 1 unspecified atom stereocenters. The molecule has 136 valence electrons. The van der Waals surface area contributed by atoms with Gasteiger partial charge in [0.25, 0.3) is 5.24 Å². The molecule has 0 radical (unpaired) electrons. The van der Waals surface area contributed by atoms with E-state index in [1.807, 2.05) is 31.2 Å². The van der Waals surface area contributed by atoms with Crippen LogP contribution in [-0.2, 0) is 11.2 Å². The third-order valence-electron chi connectivity index (χ3n) is 5.31. The molecule has 4 nitrogen and oxygen atoms in total. The molecule has 25 heavy (non-hydrogen) atoms. The Kier molecular flexibility index (Phi) is 5.72. The second kappa shape index (κ2) is 7.81. The molecule has 0 bridgehead atoms. The van der Waals surface area contributed by atoms with Gasteiger partial charge in [0.2, 0.25) is 5.91 Å². The van der Waals surface area contributed by atoms with Crippen molar-refractivity contribution in [2.45, 2.75) is 57.6 Å². The van der Waals surface area contributed by atoms with Gasteiger partial charge < -0.3 is 4.74 Å². The lowest BCUT2D eigenvalue weighted by atomic mass is 9.76. The number of nitrogens with zero attached hydrogens (tertiary/aromatic N) is 1. The lowest BCUT2D eigenvalue weighted by Crippen LogP contribution is -2.31. The molecule has 0 N–H and O–H groups in total. The van der Waals surface area contributed by atoms with Crippen molar-refractivity contribution < 1.29 is 14.3 Å². The minimum absolute atomic E-state index is 0.0666. The van der Waals surface area contributed by atoms with Crippen molar-refractivity contribution in [2.75, 3.05) is 13.2 Å². The molecule has 2 fully saturated rings. The molecule has 2 amide bonds. The maximum atomic E-state index is 12.2. The number of thioether (sulfide) groups is 1. The lowest BCUT2D eigenvalue weighted by molar-refractivity contribution is -0.126. The van der Waals surface area contributed by atoms with Crippen LogP contribution >= 0.6 is 11.8 Å². The van der Waals surface area contributed by atoms with E-state index in [-0.39, 0.29) is 16.4 Å². The summed E-state index contributed by atoms with van der Waals surface area (Å²) < 4.78 is 6.01. The number of rotatable bonds is 6. The second-order valence-corrected chi connectivity index (χ2v) is 8.62. The number of hydrogen-bond donors (Lipinski definition) is 0. The van der Waals surface area contributed by atoms with Gasteiger partial charge >= 0.3 is 0 Å². The molecule has 0 spiro atoms. The van der Waals surface area contributed by atoms with E-state index in [2.05, 4.69) is 6.92 Å². The van der Waals surface area contributed by atoms with E-state index in [0.717, 1.165) is 29.7 Å². The van der Waals surface area contributed by atoms with Gasteiger partial charge in [0.05, 0.1) is 11.9 Å². The summed E-state index contributed by atoms with van der Waals surface area (Å²) in [4.78, 5) is 25.3. The number of carbonyl (C=O) groups is 2. The van der Waals surface area contributed by atoms with Gasteiger partial charge in [-0.15, -0.1) is 0 Å². The Hall–Kier alpha value is -1.49. The number of amides is 2. The Morgan fingerprint density at radius 3 is 2.44 bits per heavy atom. The predicted molar refractivity (Wildman–Crippen MR) is 101 cm³/mol. The lowest BCUT2D eigenvalue weighted by Gasteiger charge is -2.33. The zero-order valence-electron chi connectivity index (χ0n) is 15.1. The number of hydrogen-bond acceptors (Lipinski definition) is 4. The number of ether oxygens (including phenoxy) is 1. The maximum absolute atomic E-state index is 12.2. The normalized spacial score (nSPS) is 23.1. The summed E-state index contributed by atoms with van der Waals surface area (Å²) in [5.41, 5.74) is 1.36. The highest BCUT2D eigenvalue weighted by Gasteiger charge is 2.38. The van der Waals surface area contributed by atoms with Crippen molar-refractivity contribution in [3.05, 3.63) is 29.8 Å². The van der Waals surface area contributed by atoms with E-state index < -0.39 is 0 Å². The first kappa shape index (κ1) is 18.3. The second-order valence-electron chi connectivity index (χ2n) is 7.46. The van der Waals surface area contributed by atoms with Crippen molar-refractivity contribution in [3.8, 4) is 5.75 Å². The first-order chi connectivity index (χ1) is 12.0. The van der Waals surface area contributed by atoms with E-state index >= 15 is 0 Å². The topological polar surface area (TPSA) is 46.6 Å². The summed E-state index contributed by atoms with van der Waals surface area (Å²) in [5, 5.41) is -0.418. The van der Waals surface area contributed by atoms with E-state index in [9.17, 15) is 9.59 Å². The molecule has 1 aromatic rings. The number of imide groups is 1. The average Bonchev–Trinajstić information content (AvgIpc) is 2.88. The van der Waals surface area contributed by atoms with E-state index in [1.165, 1.54) is 37.0 Å². The molecule has 5 heteroatoms. The Labute approximate surface area is 154 Å². The zero-order valence-corrected chi connectivity index (χ0v) is 15.9. The minimum atomic E-state index is -0.291. The number of benzene rings is 1. The molecule has 1 atom stereocenters. The molecule has 2 aliphatic rings. The first-order valence-electron chi connectivity index (χ1n) is 9.24. The Morgan fingerprint density at radius 1 is 1.16 bits per heavy atom. The molecule has 0 aromatic heterocycles. The molecule has 1 heterocycles. The van der Waals surface area contributed by atoms with Crippen LogP contribution in [-0.4, -0.2) is 34.4 Å².